The molecule has 4 N–H and O–H groups in total. The number of pyridine rings is 1. The van der Waals surface area contributed by atoms with Crippen LogP contribution in [0.5, 0.6) is 0 Å². The number of rotatable bonds is 7. The van der Waals surface area contributed by atoms with Gasteiger partial charge in [-0.15, -0.1) is 0 Å². The van der Waals surface area contributed by atoms with Gasteiger partial charge in [0.25, 0.3) is 5.91 Å². The van der Waals surface area contributed by atoms with Crippen molar-refractivity contribution >= 4 is 35.6 Å². The van der Waals surface area contributed by atoms with E-state index in [1.807, 2.05) is 36.5 Å². The Hall–Kier alpha value is -4.80. The predicted octanol–water partition coefficient (Wildman–Crippen LogP) is 2.55. The summed E-state index contributed by atoms with van der Waals surface area (Å²) >= 11 is 0. The van der Waals surface area contributed by atoms with Crippen LogP contribution in [0, 0.1) is 0 Å². The predicted molar refractivity (Wildman–Crippen MR) is 129 cm³/mol. The Kier molecular flexibility index (Phi) is 5.06. The molecule has 3 amide bonds. The molecule has 6 rings (SSSR count). The monoisotopic (exact) mass is 467 g/mol. The summed E-state index contributed by atoms with van der Waals surface area (Å²) in [4.78, 5) is 37.0. The Morgan fingerprint density at radius 3 is 2.71 bits per heavy atom. The van der Waals surface area contributed by atoms with Crippen molar-refractivity contribution < 1.29 is 9.59 Å². The number of benzene rings is 1. The molecule has 11 nitrogen and oxygen atoms in total. The molecule has 0 radical (unpaired) electrons. The van der Waals surface area contributed by atoms with Gasteiger partial charge in [0.05, 0.1) is 6.20 Å². The van der Waals surface area contributed by atoms with Crippen LogP contribution in [0.2, 0.25) is 0 Å². The number of nitrogens with one attached hydrogen (secondary N) is 4. The highest BCUT2D eigenvalue weighted by Crippen LogP contribution is 2.27. The van der Waals surface area contributed by atoms with Gasteiger partial charge in [-0.1, -0.05) is 30.3 Å². The maximum Gasteiger partial charge on any atom is 0.326 e. The van der Waals surface area contributed by atoms with Crippen LogP contribution in [0.25, 0.3) is 22.9 Å². The maximum absolute atomic E-state index is 12.0. The van der Waals surface area contributed by atoms with Gasteiger partial charge in [-0.2, -0.15) is 19.6 Å². The zero-order chi connectivity index (χ0) is 23.8. The van der Waals surface area contributed by atoms with Crippen LogP contribution in [-0.4, -0.2) is 42.5 Å². The zero-order valence-electron chi connectivity index (χ0n) is 18.5. The lowest BCUT2D eigenvalue weighted by Crippen LogP contribution is -2.22. The largest absolute Gasteiger partial charge is 0.351 e. The van der Waals surface area contributed by atoms with Crippen LogP contribution in [0.1, 0.15) is 24.0 Å². The molecule has 1 aliphatic heterocycles. The Labute approximate surface area is 199 Å². The summed E-state index contributed by atoms with van der Waals surface area (Å²) in [5.74, 6) is 0.483. The Balaban J connectivity index is 1.34. The number of carbonyl (C=O) groups is 2. The lowest BCUT2D eigenvalue weighted by molar-refractivity contribution is -0.115. The third kappa shape index (κ3) is 4.26. The molecule has 174 valence electrons. The quantitative estimate of drug-likeness (QED) is 0.240. The standard InChI is InChI=1S/C24H21N9O2/c34-21-19(29-24(35)31-21)10-16-13-27-33-20(16)30-22(32-23(33)28-17-7-8-17)26-12-15-4-1-2-6-18(15)14-5-3-9-25-11-14/h1-6,9-11,13,17H,7-8,12H2,(H2,26,28,30,32)(H2,29,31,34,35)/b19-10-. The van der Waals surface area contributed by atoms with Gasteiger partial charge < -0.3 is 16.0 Å². The first kappa shape index (κ1) is 20.8. The minimum Gasteiger partial charge on any atom is -0.351 e. The number of anilines is 2. The van der Waals surface area contributed by atoms with Gasteiger partial charge in [0.15, 0.2) is 5.65 Å². The average molecular weight is 467 g/mol. The van der Waals surface area contributed by atoms with E-state index < -0.39 is 11.9 Å². The van der Waals surface area contributed by atoms with E-state index in [4.69, 9.17) is 0 Å². The second-order valence-electron chi connectivity index (χ2n) is 8.34. The summed E-state index contributed by atoms with van der Waals surface area (Å²) in [6.07, 6.45) is 8.87. The highest BCUT2D eigenvalue weighted by Gasteiger charge is 2.26. The summed E-state index contributed by atoms with van der Waals surface area (Å²) in [7, 11) is 0. The molecule has 11 heteroatoms. The van der Waals surface area contributed by atoms with E-state index in [2.05, 4.69) is 47.4 Å². The first-order valence-corrected chi connectivity index (χ1v) is 11.2. The van der Waals surface area contributed by atoms with Crippen LogP contribution >= 0.6 is 0 Å². The minimum atomic E-state index is -0.557. The molecule has 1 aromatic carbocycles. The van der Waals surface area contributed by atoms with E-state index in [-0.39, 0.29) is 5.70 Å². The third-order valence-corrected chi connectivity index (χ3v) is 5.75. The van der Waals surface area contributed by atoms with Crippen LogP contribution in [0.3, 0.4) is 0 Å². The molecule has 0 spiro atoms. The van der Waals surface area contributed by atoms with Crippen molar-refractivity contribution in [1.82, 2.24) is 35.2 Å². The second-order valence-corrected chi connectivity index (χ2v) is 8.34. The van der Waals surface area contributed by atoms with Crippen molar-refractivity contribution in [2.45, 2.75) is 25.4 Å². The van der Waals surface area contributed by atoms with E-state index in [0.29, 0.717) is 35.7 Å². The number of carbonyl (C=O) groups excluding carboxylic acids is 2. The number of imide groups is 1. The minimum absolute atomic E-state index is 0.139. The number of aromatic nitrogens is 5. The highest BCUT2D eigenvalue weighted by molar-refractivity contribution is 6.14. The Bertz CT molecular complexity index is 1480. The average Bonchev–Trinajstić information content (AvgIpc) is 3.51. The van der Waals surface area contributed by atoms with E-state index in [9.17, 15) is 9.59 Å². The molecule has 4 heterocycles. The van der Waals surface area contributed by atoms with E-state index >= 15 is 0 Å². The Morgan fingerprint density at radius 2 is 1.94 bits per heavy atom. The summed E-state index contributed by atoms with van der Waals surface area (Å²) < 4.78 is 1.61. The first-order chi connectivity index (χ1) is 17.1. The van der Waals surface area contributed by atoms with E-state index in [1.165, 1.54) is 0 Å². The smallest absolute Gasteiger partial charge is 0.326 e. The Morgan fingerprint density at radius 1 is 1.06 bits per heavy atom. The van der Waals surface area contributed by atoms with Crippen LogP contribution < -0.4 is 21.3 Å². The number of amides is 3. The SMILES string of the molecule is O=C1NC(=O)/C(=C/c2cnn3c(NC4CC4)nc(NCc4ccccc4-c4cccnc4)nc23)N1. The molecule has 1 saturated heterocycles. The molecule has 2 fully saturated rings. The lowest BCUT2D eigenvalue weighted by Gasteiger charge is -2.12. The van der Waals surface area contributed by atoms with Crippen LogP contribution in [-0.2, 0) is 11.3 Å². The normalized spacial score (nSPS) is 16.4. The van der Waals surface area contributed by atoms with Crippen molar-refractivity contribution in [2.75, 3.05) is 10.6 Å². The molecule has 3 aromatic heterocycles. The fourth-order valence-corrected chi connectivity index (χ4v) is 3.87. The summed E-state index contributed by atoms with van der Waals surface area (Å²) in [6.45, 7) is 0.493. The van der Waals surface area contributed by atoms with Crippen molar-refractivity contribution in [3.05, 3.63) is 71.8 Å². The van der Waals surface area contributed by atoms with Gasteiger partial charge in [-0.3, -0.25) is 15.1 Å². The number of fused-ring (bicyclic) bond motifs is 1. The molecule has 1 aliphatic carbocycles. The molecule has 0 bridgehead atoms. The van der Waals surface area contributed by atoms with Gasteiger partial charge in [0, 0.05) is 36.1 Å². The van der Waals surface area contributed by atoms with Crippen LogP contribution in [0.4, 0.5) is 16.7 Å². The van der Waals surface area contributed by atoms with Gasteiger partial charge in [-0.05, 0) is 36.1 Å². The lowest BCUT2D eigenvalue weighted by atomic mass is 10.0. The van der Waals surface area contributed by atoms with Crippen LogP contribution in [0.15, 0.2) is 60.7 Å². The van der Waals surface area contributed by atoms with Crippen molar-refractivity contribution in [3.63, 3.8) is 0 Å². The molecule has 4 aromatic rings. The summed E-state index contributed by atoms with van der Waals surface area (Å²) in [5, 5.41) is 15.8. The first-order valence-electron chi connectivity index (χ1n) is 11.2. The second kappa shape index (κ2) is 8.52. The van der Waals surface area contributed by atoms with Gasteiger partial charge >= 0.3 is 6.03 Å². The zero-order valence-corrected chi connectivity index (χ0v) is 18.5. The number of nitrogens with zero attached hydrogens (tertiary/aromatic N) is 5. The summed E-state index contributed by atoms with van der Waals surface area (Å²) in [6, 6.07) is 11.8. The topological polar surface area (TPSA) is 138 Å². The molecule has 0 unspecified atom stereocenters. The highest BCUT2D eigenvalue weighted by atomic mass is 16.2. The molecule has 35 heavy (non-hydrogen) atoms. The maximum atomic E-state index is 12.0. The fourth-order valence-electron chi connectivity index (χ4n) is 3.87. The molecule has 0 atom stereocenters. The molecular weight excluding hydrogens is 446 g/mol. The molecule has 1 saturated carbocycles. The van der Waals surface area contributed by atoms with Gasteiger partial charge in [0.1, 0.15) is 5.70 Å². The number of hydrogen-bond acceptors (Lipinski definition) is 8. The van der Waals surface area contributed by atoms with Crippen molar-refractivity contribution in [2.24, 2.45) is 0 Å². The van der Waals surface area contributed by atoms with E-state index in [1.54, 1.807) is 23.0 Å². The van der Waals surface area contributed by atoms with E-state index in [0.717, 1.165) is 29.5 Å². The van der Waals surface area contributed by atoms with Crippen molar-refractivity contribution in [1.29, 1.82) is 0 Å². The molecule has 2 aliphatic rings. The third-order valence-electron chi connectivity index (χ3n) is 5.75. The summed E-state index contributed by atoms with van der Waals surface area (Å²) in [5.41, 5.74) is 4.40. The fraction of sp³-hybridized carbons (Fsp3) is 0.167. The molecular formula is C24H21N9O2. The van der Waals surface area contributed by atoms with Crippen molar-refractivity contribution in [3.8, 4) is 11.1 Å². The van der Waals surface area contributed by atoms with Gasteiger partial charge in [-0.25, -0.2) is 4.79 Å². The number of hydrogen-bond donors (Lipinski definition) is 4. The van der Waals surface area contributed by atoms with Gasteiger partial charge in [0.2, 0.25) is 11.9 Å². The number of urea groups is 1.